The summed E-state index contributed by atoms with van der Waals surface area (Å²) in [6, 6.07) is 0. The van der Waals surface area contributed by atoms with E-state index in [-0.39, 0.29) is 5.41 Å². The predicted molar refractivity (Wildman–Crippen MR) is 54.2 cm³/mol. The second-order valence-electron chi connectivity index (χ2n) is 4.03. The Kier molecular flexibility index (Phi) is 1.83. The van der Waals surface area contributed by atoms with E-state index in [1.54, 1.807) is 6.33 Å². The summed E-state index contributed by atoms with van der Waals surface area (Å²) in [6.07, 6.45) is 11.4. The molecule has 0 aliphatic heterocycles. The molecule has 1 aromatic heterocycles. The maximum atomic E-state index is 4.25. The number of fused-ring (bicyclic) bond motifs is 1. The average molecular weight is 174 g/mol. The van der Waals surface area contributed by atoms with Gasteiger partial charge in [-0.25, -0.2) is 4.98 Å². The van der Waals surface area contributed by atoms with Crippen molar-refractivity contribution in [2.45, 2.75) is 20.3 Å². The summed E-state index contributed by atoms with van der Waals surface area (Å²) >= 11 is 0. The molecule has 0 amide bonds. The van der Waals surface area contributed by atoms with Crippen LogP contribution in [0.1, 0.15) is 25.2 Å². The van der Waals surface area contributed by atoms with Gasteiger partial charge in [-0.05, 0) is 6.08 Å². The summed E-state index contributed by atoms with van der Waals surface area (Å²) in [6.45, 7) is 4.38. The third-order valence-electron chi connectivity index (χ3n) is 2.29. The highest BCUT2D eigenvalue weighted by molar-refractivity contribution is 5.50. The highest BCUT2D eigenvalue weighted by Gasteiger charge is 2.12. The van der Waals surface area contributed by atoms with Gasteiger partial charge in [0.2, 0.25) is 0 Å². The first-order valence-electron chi connectivity index (χ1n) is 4.56. The molecule has 0 unspecified atom stereocenters. The zero-order valence-corrected chi connectivity index (χ0v) is 8.04. The van der Waals surface area contributed by atoms with Crippen LogP contribution in [-0.4, -0.2) is 9.97 Å². The molecule has 0 saturated carbocycles. The first-order valence-corrected chi connectivity index (χ1v) is 4.56. The van der Waals surface area contributed by atoms with Gasteiger partial charge >= 0.3 is 0 Å². The Hall–Kier alpha value is -1.31. The maximum absolute atomic E-state index is 4.25. The number of aromatic amines is 1. The summed E-state index contributed by atoms with van der Waals surface area (Å²) in [4.78, 5) is 7.39. The van der Waals surface area contributed by atoms with E-state index in [1.165, 1.54) is 5.69 Å². The second-order valence-corrected chi connectivity index (χ2v) is 4.03. The van der Waals surface area contributed by atoms with Crippen LogP contribution >= 0.6 is 0 Å². The number of nitrogens with one attached hydrogen (secondary N) is 1. The largest absolute Gasteiger partial charge is 0.348 e. The molecule has 0 spiro atoms. The Morgan fingerprint density at radius 2 is 2.23 bits per heavy atom. The number of aromatic nitrogens is 2. The average Bonchev–Trinajstić information content (AvgIpc) is 2.46. The molecule has 0 bridgehead atoms. The lowest BCUT2D eigenvalue weighted by molar-refractivity contribution is 0.626. The van der Waals surface area contributed by atoms with Crippen LogP contribution in [0.25, 0.3) is 6.08 Å². The van der Waals surface area contributed by atoms with Crippen molar-refractivity contribution >= 4 is 6.08 Å². The molecule has 0 fully saturated rings. The molecule has 2 rings (SSSR count). The van der Waals surface area contributed by atoms with Crippen LogP contribution in [0, 0.1) is 5.41 Å². The van der Waals surface area contributed by atoms with Gasteiger partial charge in [0.15, 0.2) is 0 Å². The predicted octanol–water partition coefficient (Wildman–Crippen LogP) is 2.56. The number of hydrogen-bond acceptors (Lipinski definition) is 1. The van der Waals surface area contributed by atoms with Crippen molar-refractivity contribution in [3.63, 3.8) is 0 Å². The zero-order valence-electron chi connectivity index (χ0n) is 8.04. The normalized spacial score (nSPS) is 24.2. The van der Waals surface area contributed by atoms with E-state index in [4.69, 9.17) is 0 Å². The third kappa shape index (κ3) is 1.72. The maximum Gasteiger partial charge on any atom is 0.0929 e. The molecule has 0 aromatic carbocycles. The first-order chi connectivity index (χ1) is 6.17. The summed E-state index contributed by atoms with van der Waals surface area (Å²) in [5.41, 5.74) is 2.41. The lowest BCUT2D eigenvalue weighted by Gasteiger charge is -2.15. The topological polar surface area (TPSA) is 28.7 Å². The third-order valence-corrected chi connectivity index (χ3v) is 2.29. The Bertz CT molecular complexity index is 356. The molecule has 1 aliphatic rings. The summed E-state index contributed by atoms with van der Waals surface area (Å²) in [5, 5.41) is 0. The number of allylic oxidation sites excluding steroid dienone is 3. The van der Waals surface area contributed by atoms with Crippen LogP contribution in [0.15, 0.2) is 24.6 Å². The Labute approximate surface area is 78.4 Å². The Morgan fingerprint density at radius 1 is 1.38 bits per heavy atom. The van der Waals surface area contributed by atoms with Gasteiger partial charge in [-0.2, -0.15) is 0 Å². The van der Waals surface area contributed by atoms with Crippen molar-refractivity contribution in [3.05, 3.63) is 35.9 Å². The fraction of sp³-hybridized carbons (Fsp3) is 0.364. The molecule has 68 valence electrons. The fourth-order valence-corrected chi connectivity index (χ4v) is 1.47. The van der Waals surface area contributed by atoms with Crippen LogP contribution < -0.4 is 0 Å². The first kappa shape index (κ1) is 8.30. The van der Waals surface area contributed by atoms with Gasteiger partial charge in [0.1, 0.15) is 0 Å². The minimum absolute atomic E-state index is 0.149. The molecule has 2 nitrogen and oxygen atoms in total. The standard InChI is InChI=1S/C11H14N2/c1-11(2)6-3-4-9-10(5-7-11)13-8-12-9/h3,5-8H,4H2,1-2H3,(H,12,13)/b6-3-,7-5-. The second kappa shape index (κ2) is 2.87. The van der Waals surface area contributed by atoms with Crippen LogP contribution in [0.3, 0.4) is 0 Å². The Morgan fingerprint density at radius 3 is 3.08 bits per heavy atom. The molecule has 0 saturated heterocycles. The van der Waals surface area contributed by atoms with E-state index in [1.807, 2.05) is 0 Å². The molecule has 1 aliphatic carbocycles. The zero-order chi connectivity index (χ0) is 9.31. The van der Waals surface area contributed by atoms with Gasteiger partial charge in [-0.15, -0.1) is 0 Å². The van der Waals surface area contributed by atoms with Crippen molar-refractivity contribution in [1.82, 2.24) is 9.97 Å². The van der Waals surface area contributed by atoms with E-state index >= 15 is 0 Å². The smallest absolute Gasteiger partial charge is 0.0929 e. The summed E-state index contributed by atoms with van der Waals surface area (Å²) in [7, 11) is 0. The lowest BCUT2D eigenvalue weighted by Crippen LogP contribution is -2.04. The number of H-pyrrole nitrogens is 1. The Balaban J connectivity index is 2.41. The molecule has 0 radical (unpaired) electrons. The van der Waals surface area contributed by atoms with Crippen molar-refractivity contribution < 1.29 is 0 Å². The highest BCUT2D eigenvalue weighted by Crippen LogP contribution is 2.23. The number of imidazole rings is 1. The highest BCUT2D eigenvalue weighted by atomic mass is 14.9. The molecular weight excluding hydrogens is 160 g/mol. The van der Waals surface area contributed by atoms with Gasteiger partial charge in [-0.1, -0.05) is 32.1 Å². The van der Waals surface area contributed by atoms with Gasteiger partial charge in [-0.3, -0.25) is 0 Å². The monoisotopic (exact) mass is 174 g/mol. The molecule has 1 aromatic rings. The van der Waals surface area contributed by atoms with E-state index < -0.39 is 0 Å². The quantitative estimate of drug-likeness (QED) is 0.602. The van der Waals surface area contributed by atoms with Crippen LogP contribution in [0.5, 0.6) is 0 Å². The van der Waals surface area contributed by atoms with E-state index in [0.29, 0.717) is 0 Å². The molecular formula is C11H14N2. The van der Waals surface area contributed by atoms with Gasteiger partial charge < -0.3 is 4.98 Å². The van der Waals surface area contributed by atoms with Crippen LogP contribution in [0.2, 0.25) is 0 Å². The van der Waals surface area contributed by atoms with Gasteiger partial charge in [0.05, 0.1) is 12.0 Å². The van der Waals surface area contributed by atoms with Crippen LogP contribution in [0.4, 0.5) is 0 Å². The molecule has 0 atom stereocenters. The number of nitrogens with zero attached hydrogens (tertiary/aromatic N) is 1. The summed E-state index contributed by atoms with van der Waals surface area (Å²) < 4.78 is 0. The van der Waals surface area contributed by atoms with Gasteiger partial charge in [0, 0.05) is 17.5 Å². The number of hydrogen-bond donors (Lipinski definition) is 1. The van der Waals surface area contributed by atoms with Crippen molar-refractivity contribution in [3.8, 4) is 0 Å². The van der Waals surface area contributed by atoms with E-state index in [0.717, 1.165) is 12.1 Å². The SMILES string of the molecule is CC1(C)/C=C\Cc2[nH]cnc2/C=C\1. The number of rotatable bonds is 0. The van der Waals surface area contributed by atoms with E-state index in [9.17, 15) is 0 Å². The van der Waals surface area contributed by atoms with Crippen molar-refractivity contribution in [2.75, 3.05) is 0 Å². The van der Waals surface area contributed by atoms with Crippen LogP contribution in [-0.2, 0) is 6.42 Å². The molecule has 2 heteroatoms. The fourth-order valence-electron chi connectivity index (χ4n) is 1.47. The molecule has 1 heterocycles. The minimum Gasteiger partial charge on any atom is -0.348 e. The minimum atomic E-state index is 0.149. The van der Waals surface area contributed by atoms with Gasteiger partial charge in [0.25, 0.3) is 0 Å². The van der Waals surface area contributed by atoms with Crippen molar-refractivity contribution in [1.29, 1.82) is 0 Å². The van der Waals surface area contributed by atoms with E-state index in [2.05, 4.69) is 48.1 Å². The summed E-state index contributed by atoms with van der Waals surface area (Å²) in [5.74, 6) is 0. The molecule has 1 N–H and O–H groups in total. The van der Waals surface area contributed by atoms with Crippen molar-refractivity contribution in [2.24, 2.45) is 5.41 Å². The molecule has 13 heavy (non-hydrogen) atoms. The lowest BCUT2D eigenvalue weighted by atomic mass is 9.90.